The second-order valence-corrected chi connectivity index (χ2v) is 5.11. The summed E-state index contributed by atoms with van der Waals surface area (Å²) in [7, 11) is 5.54. The van der Waals surface area contributed by atoms with Crippen molar-refractivity contribution in [2.75, 3.05) is 21.2 Å². The van der Waals surface area contributed by atoms with E-state index in [4.69, 9.17) is 4.74 Å². The Hall–Kier alpha value is -1.68. The van der Waals surface area contributed by atoms with E-state index in [2.05, 4.69) is 56.0 Å². The molecule has 0 heterocycles. The maximum Gasteiger partial charge on any atom is 0.121 e. The molecule has 0 radical (unpaired) electrons. The van der Waals surface area contributed by atoms with Crippen LogP contribution in [0.1, 0.15) is 47.0 Å². The van der Waals surface area contributed by atoms with Gasteiger partial charge >= 0.3 is 0 Å². The molecule has 0 spiro atoms. The molecular formula is C18H33N3O. The van der Waals surface area contributed by atoms with E-state index in [1.807, 2.05) is 20.2 Å². The Balaban J connectivity index is 5.54. The van der Waals surface area contributed by atoms with Gasteiger partial charge in [0.05, 0.1) is 12.8 Å². The van der Waals surface area contributed by atoms with Gasteiger partial charge < -0.3 is 15.5 Å². The quantitative estimate of drug-likeness (QED) is 0.326. The first-order valence-corrected chi connectivity index (χ1v) is 7.99. The number of rotatable bonds is 10. The second kappa shape index (κ2) is 11.9. The summed E-state index contributed by atoms with van der Waals surface area (Å²) in [6.07, 6.45) is 9.36. The van der Waals surface area contributed by atoms with Gasteiger partial charge in [-0.15, -0.1) is 0 Å². The van der Waals surface area contributed by atoms with Crippen LogP contribution in [-0.2, 0) is 4.74 Å². The van der Waals surface area contributed by atoms with Gasteiger partial charge in [-0.2, -0.15) is 0 Å². The average Bonchev–Trinajstić information content (AvgIpc) is 2.51. The molecule has 126 valence electrons. The molecule has 4 nitrogen and oxygen atoms in total. The van der Waals surface area contributed by atoms with Gasteiger partial charge in [0, 0.05) is 19.8 Å². The molecule has 4 heteroatoms. The fourth-order valence-electron chi connectivity index (χ4n) is 2.21. The summed E-state index contributed by atoms with van der Waals surface area (Å²) >= 11 is 0. The number of hydrogen-bond acceptors (Lipinski definition) is 4. The molecule has 0 saturated carbocycles. The van der Waals surface area contributed by atoms with Crippen molar-refractivity contribution < 1.29 is 4.74 Å². The van der Waals surface area contributed by atoms with Crippen molar-refractivity contribution in [3.63, 3.8) is 0 Å². The minimum absolute atomic E-state index is 0.895. The van der Waals surface area contributed by atoms with Gasteiger partial charge in [-0.1, -0.05) is 32.4 Å². The van der Waals surface area contributed by atoms with Crippen molar-refractivity contribution in [1.29, 1.82) is 0 Å². The maximum atomic E-state index is 5.47. The summed E-state index contributed by atoms with van der Waals surface area (Å²) in [5.74, 6) is 0.895. The van der Waals surface area contributed by atoms with Crippen LogP contribution in [0.2, 0.25) is 0 Å². The van der Waals surface area contributed by atoms with Gasteiger partial charge in [0.25, 0.3) is 0 Å². The van der Waals surface area contributed by atoms with Crippen molar-refractivity contribution in [3.8, 4) is 0 Å². The molecule has 0 aromatic heterocycles. The Morgan fingerprint density at radius 1 is 1.05 bits per heavy atom. The van der Waals surface area contributed by atoms with Crippen molar-refractivity contribution in [2.45, 2.75) is 47.0 Å². The number of ether oxygens (including phenoxy) is 1. The first kappa shape index (κ1) is 20.3. The van der Waals surface area contributed by atoms with Crippen LogP contribution >= 0.6 is 0 Å². The van der Waals surface area contributed by atoms with E-state index in [1.54, 1.807) is 7.11 Å². The first-order valence-electron chi connectivity index (χ1n) is 7.99. The lowest BCUT2D eigenvalue weighted by atomic mass is 10.1. The zero-order chi connectivity index (χ0) is 17.0. The largest absolute Gasteiger partial charge is 0.497 e. The minimum atomic E-state index is 0.895. The molecule has 22 heavy (non-hydrogen) atoms. The monoisotopic (exact) mass is 307 g/mol. The number of nitrogens with one attached hydrogen (secondary N) is 3. The van der Waals surface area contributed by atoms with E-state index in [9.17, 15) is 0 Å². The van der Waals surface area contributed by atoms with Crippen molar-refractivity contribution in [1.82, 2.24) is 16.2 Å². The fraction of sp³-hybridized carbons (Fsp3) is 0.556. The van der Waals surface area contributed by atoms with Crippen LogP contribution < -0.4 is 16.2 Å². The second-order valence-electron chi connectivity index (χ2n) is 5.11. The zero-order valence-electron chi connectivity index (χ0n) is 15.3. The van der Waals surface area contributed by atoms with Crippen LogP contribution in [0.3, 0.4) is 0 Å². The minimum Gasteiger partial charge on any atom is -0.497 e. The lowest BCUT2D eigenvalue weighted by molar-refractivity contribution is 0.300. The van der Waals surface area contributed by atoms with E-state index < -0.39 is 0 Å². The molecule has 0 fully saturated rings. The maximum absolute atomic E-state index is 5.47. The van der Waals surface area contributed by atoms with E-state index in [1.165, 1.54) is 5.70 Å². The molecule has 0 aliphatic carbocycles. The summed E-state index contributed by atoms with van der Waals surface area (Å²) in [5.41, 5.74) is 10.8. The third kappa shape index (κ3) is 6.85. The normalized spacial score (nSPS) is 14.6. The van der Waals surface area contributed by atoms with Gasteiger partial charge in [-0.25, -0.2) is 5.43 Å². The van der Waals surface area contributed by atoms with Crippen LogP contribution in [0.4, 0.5) is 0 Å². The summed E-state index contributed by atoms with van der Waals surface area (Å²) < 4.78 is 5.47. The molecular weight excluding hydrogens is 274 g/mol. The Morgan fingerprint density at radius 3 is 2.18 bits per heavy atom. The third-order valence-electron chi connectivity index (χ3n) is 3.35. The smallest absolute Gasteiger partial charge is 0.121 e. The summed E-state index contributed by atoms with van der Waals surface area (Å²) in [6.45, 7) is 8.46. The standard InChI is InChI=1S/C18H33N3O/c1-8-10-14(3)17(22-7)13-12-15(4)18(21-20-6)16(19-5)11-9-2/h10,12-13,19-21H,8-9,11H2,1-7H3/b14-10+,15-12+,17-13+,18-16+. The number of methoxy groups -OCH3 is 1. The summed E-state index contributed by atoms with van der Waals surface area (Å²) in [5, 5.41) is 3.29. The predicted molar refractivity (Wildman–Crippen MR) is 96.1 cm³/mol. The molecule has 0 bridgehead atoms. The SMILES string of the molecule is CC/C=C(C)/C(=C\C=C(C)\C(NNC)=C(\CCC)NC)OC. The third-order valence-corrected chi connectivity index (χ3v) is 3.35. The highest BCUT2D eigenvalue weighted by Crippen LogP contribution is 2.16. The van der Waals surface area contributed by atoms with Gasteiger partial charge in [-0.05, 0) is 43.9 Å². The van der Waals surface area contributed by atoms with Crippen LogP contribution in [0.15, 0.2) is 46.5 Å². The predicted octanol–water partition coefficient (Wildman–Crippen LogP) is 3.77. The molecule has 3 N–H and O–H groups in total. The Labute approximate surface area is 136 Å². The topological polar surface area (TPSA) is 45.3 Å². The lowest BCUT2D eigenvalue weighted by Crippen LogP contribution is -2.30. The van der Waals surface area contributed by atoms with Crippen molar-refractivity contribution in [3.05, 3.63) is 46.5 Å². The van der Waals surface area contributed by atoms with Gasteiger partial charge in [0.15, 0.2) is 0 Å². The highest BCUT2D eigenvalue weighted by Gasteiger charge is 2.06. The Kier molecular flexibility index (Phi) is 11.0. The molecule has 0 aliphatic rings. The van der Waals surface area contributed by atoms with E-state index >= 15 is 0 Å². The van der Waals surface area contributed by atoms with Crippen LogP contribution in [0.25, 0.3) is 0 Å². The van der Waals surface area contributed by atoms with Crippen molar-refractivity contribution in [2.24, 2.45) is 0 Å². The van der Waals surface area contributed by atoms with Crippen LogP contribution in [0, 0.1) is 0 Å². The fourth-order valence-corrected chi connectivity index (χ4v) is 2.21. The average molecular weight is 307 g/mol. The highest BCUT2D eigenvalue weighted by atomic mass is 16.5. The molecule has 0 aromatic rings. The number of hydrogen-bond donors (Lipinski definition) is 3. The Morgan fingerprint density at radius 2 is 1.73 bits per heavy atom. The number of allylic oxidation sites excluding steroid dienone is 6. The van der Waals surface area contributed by atoms with Gasteiger partial charge in [0.1, 0.15) is 5.76 Å². The zero-order valence-corrected chi connectivity index (χ0v) is 15.3. The molecule has 0 saturated heterocycles. The molecule has 0 aliphatic heterocycles. The Bertz CT molecular complexity index is 445. The van der Waals surface area contributed by atoms with E-state index in [0.29, 0.717) is 0 Å². The van der Waals surface area contributed by atoms with E-state index in [-0.39, 0.29) is 0 Å². The molecule has 0 aromatic carbocycles. The molecule has 0 unspecified atom stereocenters. The summed E-state index contributed by atoms with van der Waals surface area (Å²) in [4.78, 5) is 0. The van der Waals surface area contributed by atoms with Gasteiger partial charge in [-0.3, -0.25) is 0 Å². The van der Waals surface area contributed by atoms with Crippen molar-refractivity contribution >= 4 is 0 Å². The summed E-state index contributed by atoms with van der Waals surface area (Å²) in [6, 6.07) is 0. The lowest BCUT2D eigenvalue weighted by Gasteiger charge is -2.17. The van der Waals surface area contributed by atoms with Gasteiger partial charge in [0.2, 0.25) is 0 Å². The molecule has 0 rings (SSSR count). The van der Waals surface area contributed by atoms with Crippen LogP contribution in [0.5, 0.6) is 0 Å². The van der Waals surface area contributed by atoms with E-state index in [0.717, 1.165) is 41.9 Å². The molecule has 0 atom stereocenters. The number of hydrazine groups is 1. The van der Waals surface area contributed by atoms with Crippen LogP contribution in [-0.4, -0.2) is 21.2 Å². The first-order chi connectivity index (χ1) is 10.5. The highest BCUT2D eigenvalue weighted by molar-refractivity contribution is 5.37. The molecule has 0 amide bonds.